The summed E-state index contributed by atoms with van der Waals surface area (Å²) >= 11 is 0. The third kappa shape index (κ3) is 2.33. The Morgan fingerprint density at radius 2 is 2.00 bits per heavy atom. The molecule has 0 amide bonds. The number of aliphatic hydroxyl groups is 1. The fraction of sp³-hybridized carbons (Fsp3) is 0.500. The average Bonchev–Trinajstić information content (AvgIpc) is 3.19. The fourth-order valence-electron chi connectivity index (χ4n) is 2.68. The van der Waals surface area contributed by atoms with Crippen LogP contribution in [0.15, 0.2) is 24.3 Å². The summed E-state index contributed by atoms with van der Waals surface area (Å²) in [5, 5.41) is 19.2. The maximum Gasteiger partial charge on any atom is 0.218 e. The summed E-state index contributed by atoms with van der Waals surface area (Å²) in [6.45, 7) is 0.378. The van der Waals surface area contributed by atoms with Gasteiger partial charge in [0.25, 0.3) is 0 Å². The second-order valence-corrected chi connectivity index (χ2v) is 7.64. The van der Waals surface area contributed by atoms with Gasteiger partial charge in [0.05, 0.1) is 23.0 Å². The Morgan fingerprint density at radius 3 is 2.60 bits per heavy atom. The lowest BCUT2D eigenvalue weighted by molar-refractivity contribution is -0.0765. The van der Waals surface area contributed by atoms with Crippen molar-refractivity contribution >= 4 is 10.0 Å². The number of hydrogen-bond donors (Lipinski definition) is 1. The van der Waals surface area contributed by atoms with Crippen molar-refractivity contribution in [3.8, 4) is 6.07 Å². The smallest absolute Gasteiger partial charge is 0.218 e. The Kier molecular flexibility index (Phi) is 3.09. The monoisotopic (exact) mass is 292 g/mol. The van der Waals surface area contributed by atoms with E-state index in [1.54, 1.807) is 24.3 Å². The van der Waals surface area contributed by atoms with E-state index < -0.39 is 15.6 Å². The van der Waals surface area contributed by atoms with Gasteiger partial charge in [-0.2, -0.15) is 9.57 Å². The first-order valence-corrected chi connectivity index (χ1v) is 8.24. The minimum Gasteiger partial charge on any atom is -0.387 e. The van der Waals surface area contributed by atoms with Gasteiger partial charge < -0.3 is 5.11 Å². The van der Waals surface area contributed by atoms with Crippen LogP contribution >= 0.6 is 0 Å². The molecule has 1 heterocycles. The van der Waals surface area contributed by atoms with Gasteiger partial charge in [-0.3, -0.25) is 0 Å². The van der Waals surface area contributed by atoms with Gasteiger partial charge in [-0.05, 0) is 30.4 Å². The van der Waals surface area contributed by atoms with Crippen LogP contribution in [-0.4, -0.2) is 36.5 Å². The molecule has 5 nitrogen and oxygen atoms in total. The molecule has 0 unspecified atom stereocenters. The summed E-state index contributed by atoms with van der Waals surface area (Å²) in [4.78, 5) is 0. The van der Waals surface area contributed by atoms with Gasteiger partial charge in [0, 0.05) is 13.1 Å². The molecular formula is C14H16N2O3S. The van der Waals surface area contributed by atoms with Crippen molar-refractivity contribution < 1.29 is 13.5 Å². The summed E-state index contributed by atoms with van der Waals surface area (Å²) in [5.41, 5.74) is 0.0767. The molecule has 0 spiro atoms. The molecule has 1 saturated carbocycles. The number of rotatable bonds is 4. The first kappa shape index (κ1) is 13.6. The zero-order valence-corrected chi connectivity index (χ0v) is 11.8. The lowest BCUT2D eigenvalue weighted by Gasteiger charge is -2.45. The van der Waals surface area contributed by atoms with Crippen molar-refractivity contribution in [3.05, 3.63) is 35.4 Å². The van der Waals surface area contributed by atoms with Gasteiger partial charge in [0.1, 0.15) is 0 Å². The highest BCUT2D eigenvalue weighted by Crippen LogP contribution is 2.45. The van der Waals surface area contributed by atoms with Crippen LogP contribution in [0, 0.1) is 17.2 Å². The van der Waals surface area contributed by atoms with Crippen molar-refractivity contribution in [1.29, 1.82) is 5.26 Å². The van der Waals surface area contributed by atoms with Crippen LogP contribution in [0.5, 0.6) is 0 Å². The molecule has 20 heavy (non-hydrogen) atoms. The standard InChI is InChI=1S/C14H16N2O3S/c15-7-11-3-1-2-4-12(11)8-20(18,19)16-9-14(17,10-16)13-5-6-13/h1-4,13,17H,5-6,8-10H2. The predicted molar refractivity (Wildman–Crippen MR) is 73.0 cm³/mol. The molecule has 0 aromatic heterocycles. The first-order valence-electron chi connectivity index (χ1n) is 6.63. The van der Waals surface area contributed by atoms with Crippen LogP contribution in [0.3, 0.4) is 0 Å². The Hall–Kier alpha value is -1.42. The van der Waals surface area contributed by atoms with Crippen LogP contribution in [0.1, 0.15) is 24.0 Å². The van der Waals surface area contributed by atoms with E-state index in [9.17, 15) is 13.5 Å². The third-order valence-electron chi connectivity index (χ3n) is 4.11. The number of β-amino-alcohol motifs (C(OH)–C–C–N with tert-alkyl or cyclic N) is 1. The molecule has 106 valence electrons. The maximum absolute atomic E-state index is 12.3. The Morgan fingerprint density at radius 1 is 1.35 bits per heavy atom. The van der Waals surface area contributed by atoms with Crippen molar-refractivity contribution in [2.24, 2.45) is 5.92 Å². The summed E-state index contributed by atoms with van der Waals surface area (Å²) in [5.74, 6) is 0.0812. The van der Waals surface area contributed by atoms with Crippen LogP contribution in [0.25, 0.3) is 0 Å². The van der Waals surface area contributed by atoms with Gasteiger partial charge in [-0.1, -0.05) is 18.2 Å². The summed E-state index contributed by atoms with van der Waals surface area (Å²) in [7, 11) is -3.46. The lowest BCUT2D eigenvalue weighted by Crippen LogP contribution is -2.64. The number of nitriles is 1. The summed E-state index contributed by atoms with van der Waals surface area (Å²) in [6.07, 6.45) is 1.98. The van der Waals surface area contributed by atoms with E-state index in [0.29, 0.717) is 11.1 Å². The minimum absolute atomic E-state index is 0.183. The molecule has 2 aliphatic rings. The molecule has 0 atom stereocenters. The Balaban J connectivity index is 1.72. The Bertz CT molecular complexity index is 668. The third-order valence-corrected chi connectivity index (χ3v) is 5.83. The molecule has 1 aromatic carbocycles. The predicted octanol–water partition coefficient (Wildman–Crippen LogP) is 0.845. The number of benzene rings is 1. The fourth-order valence-corrected chi connectivity index (χ4v) is 4.35. The summed E-state index contributed by atoms with van der Waals surface area (Å²) in [6, 6.07) is 8.71. The second kappa shape index (κ2) is 4.55. The maximum atomic E-state index is 12.3. The molecule has 3 rings (SSSR count). The molecule has 1 N–H and O–H groups in total. The van der Waals surface area contributed by atoms with Gasteiger partial charge in [-0.15, -0.1) is 0 Å². The van der Waals surface area contributed by atoms with Crippen molar-refractivity contribution in [2.45, 2.75) is 24.2 Å². The minimum atomic E-state index is -3.46. The van der Waals surface area contributed by atoms with Crippen molar-refractivity contribution in [3.63, 3.8) is 0 Å². The lowest BCUT2D eigenvalue weighted by atomic mass is 9.91. The highest BCUT2D eigenvalue weighted by molar-refractivity contribution is 7.88. The van der Waals surface area contributed by atoms with Crippen molar-refractivity contribution in [1.82, 2.24) is 4.31 Å². The molecule has 0 bridgehead atoms. The molecular weight excluding hydrogens is 276 g/mol. The molecule has 1 aromatic rings. The Labute approximate surface area is 118 Å². The van der Waals surface area contributed by atoms with E-state index in [0.717, 1.165) is 12.8 Å². The van der Waals surface area contributed by atoms with Crippen LogP contribution in [0.2, 0.25) is 0 Å². The van der Waals surface area contributed by atoms with E-state index in [1.807, 2.05) is 6.07 Å². The largest absolute Gasteiger partial charge is 0.387 e. The van der Waals surface area contributed by atoms with Gasteiger partial charge >= 0.3 is 0 Å². The molecule has 6 heteroatoms. The van der Waals surface area contributed by atoms with E-state index in [-0.39, 0.29) is 24.8 Å². The highest BCUT2D eigenvalue weighted by Gasteiger charge is 2.54. The quantitative estimate of drug-likeness (QED) is 0.892. The molecule has 1 saturated heterocycles. The van der Waals surface area contributed by atoms with E-state index in [2.05, 4.69) is 0 Å². The molecule has 0 radical (unpaired) electrons. The van der Waals surface area contributed by atoms with Crippen LogP contribution < -0.4 is 0 Å². The topological polar surface area (TPSA) is 81.4 Å². The average molecular weight is 292 g/mol. The summed E-state index contributed by atoms with van der Waals surface area (Å²) < 4.78 is 25.9. The van der Waals surface area contributed by atoms with E-state index >= 15 is 0 Å². The van der Waals surface area contributed by atoms with Crippen molar-refractivity contribution in [2.75, 3.05) is 13.1 Å². The normalized spacial score (nSPS) is 22.0. The number of nitrogens with zero attached hydrogens (tertiary/aromatic N) is 2. The molecule has 1 aliphatic heterocycles. The highest BCUT2D eigenvalue weighted by atomic mass is 32.2. The van der Waals surface area contributed by atoms with Crippen LogP contribution in [0.4, 0.5) is 0 Å². The SMILES string of the molecule is N#Cc1ccccc1CS(=O)(=O)N1CC(O)(C2CC2)C1. The number of sulfonamides is 1. The zero-order chi connectivity index (χ0) is 14.4. The van der Waals surface area contributed by atoms with Gasteiger partial charge in [-0.25, -0.2) is 8.42 Å². The number of hydrogen-bond acceptors (Lipinski definition) is 4. The first-order chi connectivity index (χ1) is 9.44. The van der Waals surface area contributed by atoms with E-state index in [4.69, 9.17) is 5.26 Å². The molecule has 1 aliphatic carbocycles. The second-order valence-electron chi connectivity index (χ2n) is 5.67. The van der Waals surface area contributed by atoms with Gasteiger partial charge in [0.15, 0.2) is 0 Å². The van der Waals surface area contributed by atoms with Crippen LogP contribution in [-0.2, 0) is 15.8 Å². The van der Waals surface area contributed by atoms with Gasteiger partial charge in [0.2, 0.25) is 10.0 Å². The molecule has 2 fully saturated rings. The van der Waals surface area contributed by atoms with E-state index in [1.165, 1.54) is 4.31 Å². The zero-order valence-electron chi connectivity index (χ0n) is 11.0.